The van der Waals surface area contributed by atoms with E-state index < -0.39 is 0 Å². The number of benzene rings is 9. The van der Waals surface area contributed by atoms with E-state index in [0.29, 0.717) is 5.82 Å². The molecule has 0 aliphatic carbocycles. The Morgan fingerprint density at radius 2 is 0.630 bits per heavy atom. The fourth-order valence-electron chi connectivity index (χ4n) is 12.5. The fourth-order valence-corrected chi connectivity index (χ4v) is 12.5. The van der Waals surface area contributed by atoms with Crippen LogP contribution >= 0.6 is 0 Å². The van der Waals surface area contributed by atoms with Crippen molar-refractivity contribution < 1.29 is 0 Å². The summed E-state index contributed by atoms with van der Waals surface area (Å²) in [6, 6.07) is 60.3. The number of aryl methyl sites for hydroxylation is 6. The molecule has 0 aliphatic rings. The van der Waals surface area contributed by atoms with Gasteiger partial charge in [-0.1, -0.05) is 109 Å². The zero-order valence-corrected chi connectivity index (χ0v) is 43.3. The van der Waals surface area contributed by atoms with Crippen LogP contribution in [0.2, 0.25) is 0 Å². The highest BCUT2D eigenvalue weighted by molar-refractivity contribution is 6.17. The third kappa shape index (κ3) is 6.40. The van der Waals surface area contributed by atoms with Gasteiger partial charge in [0.1, 0.15) is 0 Å². The molecule has 0 saturated heterocycles. The average Bonchev–Trinajstić information content (AvgIpc) is 4.07. The lowest BCUT2D eigenvalue weighted by Crippen LogP contribution is -2.08. The number of rotatable bonds is 6. The molecule has 4 aromatic heterocycles. The van der Waals surface area contributed by atoms with E-state index in [1.807, 2.05) is 0 Å². The molecule has 0 bridgehead atoms. The normalized spacial score (nSPS) is 12.0. The standard InChI is InChI=1S/C68H57N5/c1-38-35-39(2)70-68(69-38)48-36-55(53-27-15-21-33-61(53)71-57-29-17-11-23-49(57)50-24-12-18-30-58(50)71)67(73-65-46(9)42(5)40(3)44(7)63(65)64-45(8)41(4)43(6)47(10)66(64)73)56(37-48)54-28-16-22-34-62(54)72-59-31-19-13-25-51(59)52-26-14-20-32-60(52)72/h11-37H,1-10H3. The van der Waals surface area contributed by atoms with E-state index in [1.54, 1.807) is 0 Å². The Kier molecular flexibility index (Phi) is 10.0. The van der Waals surface area contributed by atoms with E-state index in [-0.39, 0.29) is 0 Å². The first-order valence-electron chi connectivity index (χ1n) is 25.6. The largest absolute Gasteiger partial charge is 0.309 e. The number of para-hydroxylation sites is 6. The van der Waals surface area contributed by atoms with Crippen LogP contribution in [0, 0.1) is 69.2 Å². The van der Waals surface area contributed by atoms with Crippen molar-refractivity contribution >= 4 is 65.4 Å². The molecule has 0 spiro atoms. The predicted molar refractivity (Wildman–Crippen MR) is 309 cm³/mol. The second-order valence-electron chi connectivity index (χ2n) is 20.5. The SMILES string of the molecule is Cc1cc(C)nc(-c2cc(-c3ccccc3-n3c4ccccc4c4ccccc43)c(-n3c4c(C)c(C)c(C)c(C)c4c4c(C)c(C)c(C)c(C)c43)c(-c3ccccc3-n3c4ccccc4c4ccccc43)c2)n1. The lowest BCUT2D eigenvalue weighted by atomic mass is 9.90. The van der Waals surface area contributed by atoms with Gasteiger partial charge in [-0.05, 0) is 168 Å². The van der Waals surface area contributed by atoms with Crippen LogP contribution in [0.5, 0.6) is 0 Å². The summed E-state index contributed by atoms with van der Waals surface area (Å²) in [6.45, 7) is 22.8. The van der Waals surface area contributed by atoms with E-state index in [4.69, 9.17) is 9.97 Å². The lowest BCUT2D eigenvalue weighted by Gasteiger charge is -2.25. The molecular weight excluding hydrogens is 887 g/mol. The number of hydrogen-bond acceptors (Lipinski definition) is 2. The molecule has 73 heavy (non-hydrogen) atoms. The van der Waals surface area contributed by atoms with Crippen LogP contribution in [0.1, 0.15) is 55.9 Å². The van der Waals surface area contributed by atoms with Crippen LogP contribution in [0.15, 0.2) is 164 Å². The summed E-state index contributed by atoms with van der Waals surface area (Å²) in [5.41, 5.74) is 28.2. The first-order chi connectivity index (χ1) is 35.4. The third-order valence-corrected chi connectivity index (χ3v) is 16.6. The molecule has 13 aromatic rings. The topological polar surface area (TPSA) is 40.6 Å². The van der Waals surface area contributed by atoms with Crippen LogP contribution < -0.4 is 0 Å². The maximum absolute atomic E-state index is 5.24. The van der Waals surface area contributed by atoms with Crippen LogP contribution in [0.4, 0.5) is 0 Å². The van der Waals surface area contributed by atoms with Crippen molar-refractivity contribution in [3.05, 3.63) is 220 Å². The van der Waals surface area contributed by atoms with E-state index in [2.05, 4.69) is 247 Å². The minimum atomic E-state index is 0.703. The zero-order valence-electron chi connectivity index (χ0n) is 43.3. The minimum absolute atomic E-state index is 0.703. The molecule has 0 atom stereocenters. The maximum Gasteiger partial charge on any atom is 0.159 e. The molecule has 0 amide bonds. The van der Waals surface area contributed by atoms with E-state index in [1.165, 1.54) is 87.9 Å². The number of nitrogens with zero attached hydrogens (tertiary/aromatic N) is 5. The summed E-state index contributed by atoms with van der Waals surface area (Å²) < 4.78 is 7.65. The van der Waals surface area contributed by atoms with Crippen molar-refractivity contribution in [2.45, 2.75) is 69.2 Å². The fraction of sp³-hybridized carbons (Fsp3) is 0.147. The highest BCUT2D eigenvalue weighted by Gasteiger charge is 2.30. The summed E-state index contributed by atoms with van der Waals surface area (Å²) in [5.74, 6) is 0.703. The minimum Gasteiger partial charge on any atom is -0.309 e. The predicted octanol–water partition coefficient (Wildman–Crippen LogP) is 17.9. The van der Waals surface area contributed by atoms with Crippen molar-refractivity contribution in [1.29, 1.82) is 0 Å². The van der Waals surface area contributed by atoms with Crippen molar-refractivity contribution in [3.63, 3.8) is 0 Å². The molecule has 9 aromatic carbocycles. The number of hydrogen-bond donors (Lipinski definition) is 0. The molecule has 0 saturated carbocycles. The highest BCUT2D eigenvalue weighted by Crippen LogP contribution is 2.51. The van der Waals surface area contributed by atoms with E-state index in [0.717, 1.165) is 78.3 Å². The summed E-state index contributed by atoms with van der Waals surface area (Å²) in [6.07, 6.45) is 0. The summed E-state index contributed by atoms with van der Waals surface area (Å²) in [4.78, 5) is 10.5. The van der Waals surface area contributed by atoms with Crippen LogP contribution in [-0.4, -0.2) is 23.7 Å². The van der Waals surface area contributed by atoms with Crippen LogP contribution in [0.3, 0.4) is 0 Å². The lowest BCUT2D eigenvalue weighted by molar-refractivity contribution is 1.06. The van der Waals surface area contributed by atoms with Gasteiger partial charge < -0.3 is 13.7 Å². The summed E-state index contributed by atoms with van der Waals surface area (Å²) >= 11 is 0. The maximum atomic E-state index is 5.24. The van der Waals surface area contributed by atoms with Gasteiger partial charge in [-0.25, -0.2) is 9.97 Å². The molecule has 0 N–H and O–H groups in total. The summed E-state index contributed by atoms with van der Waals surface area (Å²) in [7, 11) is 0. The van der Waals surface area contributed by atoms with Gasteiger partial charge in [0.2, 0.25) is 0 Å². The second kappa shape index (κ2) is 16.5. The number of aromatic nitrogens is 5. The Labute approximate surface area is 426 Å². The van der Waals surface area contributed by atoms with Gasteiger partial charge in [-0.2, -0.15) is 0 Å². The summed E-state index contributed by atoms with van der Waals surface area (Å²) in [5, 5.41) is 7.55. The van der Waals surface area contributed by atoms with Crippen molar-refractivity contribution in [2.75, 3.05) is 0 Å². The third-order valence-electron chi connectivity index (χ3n) is 16.6. The van der Waals surface area contributed by atoms with Crippen molar-refractivity contribution in [2.24, 2.45) is 0 Å². The monoisotopic (exact) mass is 943 g/mol. The van der Waals surface area contributed by atoms with Gasteiger partial charge in [0.25, 0.3) is 0 Å². The molecule has 5 heteroatoms. The van der Waals surface area contributed by atoms with E-state index in [9.17, 15) is 0 Å². The molecule has 0 fully saturated rings. The van der Waals surface area contributed by atoms with E-state index >= 15 is 0 Å². The molecule has 0 aliphatic heterocycles. The van der Waals surface area contributed by atoms with Crippen molar-refractivity contribution in [1.82, 2.24) is 23.7 Å². The molecule has 354 valence electrons. The zero-order chi connectivity index (χ0) is 50.1. The second-order valence-corrected chi connectivity index (χ2v) is 20.5. The number of fused-ring (bicyclic) bond motifs is 9. The smallest absolute Gasteiger partial charge is 0.159 e. The quantitative estimate of drug-likeness (QED) is 0.167. The van der Waals surface area contributed by atoms with Gasteiger partial charge in [-0.15, -0.1) is 0 Å². The Balaban J connectivity index is 1.30. The van der Waals surface area contributed by atoms with Gasteiger partial charge in [0.05, 0.1) is 50.2 Å². The Morgan fingerprint density at radius 3 is 1.01 bits per heavy atom. The van der Waals surface area contributed by atoms with Gasteiger partial charge in [0.15, 0.2) is 5.82 Å². The van der Waals surface area contributed by atoms with Crippen LogP contribution in [-0.2, 0) is 0 Å². The molecule has 0 radical (unpaired) electrons. The highest BCUT2D eigenvalue weighted by atomic mass is 15.0. The van der Waals surface area contributed by atoms with Crippen LogP contribution in [0.25, 0.3) is 116 Å². The van der Waals surface area contributed by atoms with Crippen molar-refractivity contribution in [3.8, 4) is 50.7 Å². The molecule has 0 unspecified atom stereocenters. The first-order valence-corrected chi connectivity index (χ1v) is 25.6. The molecule has 13 rings (SSSR count). The van der Waals surface area contributed by atoms with Gasteiger partial charge in [0, 0.05) is 71.5 Å². The Bertz CT molecular complexity index is 4110. The Hall–Kier alpha value is -8.54. The van der Waals surface area contributed by atoms with Gasteiger partial charge in [-0.3, -0.25) is 0 Å². The van der Waals surface area contributed by atoms with Gasteiger partial charge >= 0.3 is 0 Å². The first kappa shape index (κ1) is 44.4. The Morgan fingerprint density at radius 1 is 0.301 bits per heavy atom. The molecular formula is C68H57N5. The molecule has 4 heterocycles. The molecule has 5 nitrogen and oxygen atoms in total. The average molecular weight is 944 g/mol.